The molecule has 5 nitrogen and oxygen atoms in total. The van der Waals surface area contributed by atoms with Gasteiger partial charge in [0.25, 0.3) is 5.69 Å². The largest absolute Gasteiger partial charge is 0.493 e. The van der Waals surface area contributed by atoms with Gasteiger partial charge in [0.15, 0.2) is 4.34 Å². The molecule has 1 heterocycles. The van der Waals surface area contributed by atoms with Crippen molar-refractivity contribution >= 4 is 39.0 Å². The summed E-state index contributed by atoms with van der Waals surface area (Å²) in [5.41, 5.74) is 0.891. The normalized spacial score (nSPS) is 10.7. The highest BCUT2D eigenvalue weighted by atomic mass is 32.2. The number of thiazole rings is 1. The fourth-order valence-electron chi connectivity index (χ4n) is 1.87. The summed E-state index contributed by atoms with van der Waals surface area (Å²) in [6.07, 6.45) is 0. The summed E-state index contributed by atoms with van der Waals surface area (Å²) in [6, 6.07) is 14.4. The molecule has 0 amide bonds. The molecule has 2 aromatic carbocycles. The fraction of sp³-hybridized carbons (Fsp3) is 0.133. The third kappa shape index (κ3) is 3.55. The van der Waals surface area contributed by atoms with Gasteiger partial charge in [-0.15, -0.1) is 11.3 Å². The van der Waals surface area contributed by atoms with E-state index in [1.165, 1.54) is 17.4 Å². The molecule has 0 aliphatic rings. The van der Waals surface area contributed by atoms with Crippen LogP contribution in [0.15, 0.2) is 52.9 Å². The maximum Gasteiger partial charge on any atom is 0.270 e. The smallest absolute Gasteiger partial charge is 0.270 e. The zero-order chi connectivity index (χ0) is 15.4. The molecule has 0 bridgehead atoms. The molecule has 0 unspecified atom stereocenters. The van der Waals surface area contributed by atoms with E-state index in [0.717, 1.165) is 26.1 Å². The second kappa shape index (κ2) is 6.76. The lowest BCUT2D eigenvalue weighted by Crippen LogP contribution is -1.99. The minimum atomic E-state index is -0.389. The average Bonchev–Trinajstić information content (AvgIpc) is 2.94. The number of aromatic nitrogens is 1. The Hall–Kier alpha value is -2.12. The van der Waals surface area contributed by atoms with Gasteiger partial charge in [0.2, 0.25) is 0 Å². The van der Waals surface area contributed by atoms with Crippen LogP contribution in [0.4, 0.5) is 5.69 Å². The lowest BCUT2D eigenvalue weighted by molar-refractivity contribution is -0.384. The fourth-order valence-corrected chi connectivity index (χ4v) is 3.86. The van der Waals surface area contributed by atoms with Crippen LogP contribution in [0.1, 0.15) is 0 Å². The van der Waals surface area contributed by atoms with Crippen LogP contribution in [0.5, 0.6) is 5.75 Å². The summed E-state index contributed by atoms with van der Waals surface area (Å²) >= 11 is 3.06. The van der Waals surface area contributed by atoms with Crippen molar-refractivity contribution < 1.29 is 9.66 Å². The molecule has 0 aliphatic carbocycles. The van der Waals surface area contributed by atoms with Crippen molar-refractivity contribution in [2.45, 2.75) is 4.34 Å². The van der Waals surface area contributed by atoms with Gasteiger partial charge in [-0.1, -0.05) is 30.0 Å². The number of nitro groups is 1. The average molecular weight is 332 g/mol. The molecule has 0 atom stereocenters. The minimum Gasteiger partial charge on any atom is -0.493 e. The summed E-state index contributed by atoms with van der Waals surface area (Å²) in [5.74, 6) is 1.62. The van der Waals surface area contributed by atoms with Crippen molar-refractivity contribution in [2.75, 3.05) is 12.4 Å². The monoisotopic (exact) mass is 332 g/mol. The van der Waals surface area contributed by atoms with E-state index >= 15 is 0 Å². The van der Waals surface area contributed by atoms with Crippen LogP contribution < -0.4 is 4.74 Å². The number of thioether (sulfide) groups is 1. The van der Waals surface area contributed by atoms with Crippen LogP contribution in [0.2, 0.25) is 0 Å². The first-order chi connectivity index (χ1) is 10.7. The van der Waals surface area contributed by atoms with E-state index in [1.807, 2.05) is 30.3 Å². The van der Waals surface area contributed by atoms with Gasteiger partial charge in [0.05, 0.1) is 21.7 Å². The van der Waals surface area contributed by atoms with Gasteiger partial charge in [0, 0.05) is 17.9 Å². The lowest BCUT2D eigenvalue weighted by Gasteiger charge is -2.03. The third-order valence-corrected chi connectivity index (χ3v) is 5.01. The molecule has 7 heteroatoms. The Balaban J connectivity index is 1.58. The Kier molecular flexibility index (Phi) is 4.55. The zero-order valence-electron chi connectivity index (χ0n) is 11.5. The van der Waals surface area contributed by atoms with E-state index in [2.05, 4.69) is 4.98 Å². The quantitative estimate of drug-likeness (QED) is 0.290. The Labute approximate surface area is 135 Å². The number of nitrogens with zero attached hydrogens (tertiary/aromatic N) is 2. The van der Waals surface area contributed by atoms with Gasteiger partial charge < -0.3 is 4.74 Å². The van der Waals surface area contributed by atoms with Gasteiger partial charge in [-0.2, -0.15) is 0 Å². The molecule has 22 heavy (non-hydrogen) atoms. The highest BCUT2D eigenvalue weighted by Crippen LogP contribution is 2.31. The van der Waals surface area contributed by atoms with Gasteiger partial charge in [-0.05, 0) is 18.2 Å². The first-order valence-electron chi connectivity index (χ1n) is 6.58. The van der Waals surface area contributed by atoms with Crippen LogP contribution in [-0.4, -0.2) is 22.3 Å². The van der Waals surface area contributed by atoms with Gasteiger partial charge in [0.1, 0.15) is 5.75 Å². The molecule has 0 radical (unpaired) electrons. The third-order valence-electron chi connectivity index (χ3n) is 2.88. The Bertz CT molecular complexity index is 790. The number of nitro benzene ring substituents is 1. The number of ether oxygens (including phenoxy) is 1. The molecule has 0 saturated carbocycles. The molecule has 0 saturated heterocycles. The van der Waals surface area contributed by atoms with Crippen LogP contribution >= 0.6 is 23.1 Å². The molecule has 0 aliphatic heterocycles. The van der Waals surface area contributed by atoms with Gasteiger partial charge in [-0.25, -0.2) is 4.98 Å². The van der Waals surface area contributed by atoms with Crippen molar-refractivity contribution in [3.8, 4) is 5.75 Å². The second-order valence-electron chi connectivity index (χ2n) is 4.40. The Morgan fingerprint density at radius 2 is 2.05 bits per heavy atom. The van der Waals surface area contributed by atoms with Gasteiger partial charge in [-0.3, -0.25) is 10.1 Å². The highest BCUT2D eigenvalue weighted by molar-refractivity contribution is 8.01. The SMILES string of the molecule is O=[N+]([O-])c1ccc2nc(SCCOc3ccccc3)sc2c1. The highest BCUT2D eigenvalue weighted by Gasteiger charge is 2.10. The minimum absolute atomic E-state index is 0.0973. The second-order valence-corrected chi connectivity index (χ2v) is 6.77. The summed E-state index contributed by atoms with van der Waals surface area (Å²) in [5, 5.41) is 10.8. The zero-order valence-corrected chi connectivity index (χ0v) is 13.1. The van der Waals surface area contributed by atoms with E-state index in [4.69, 9.17) is 4.74 Å². The van der Waals surface area contributed by atoms with E-state index in [0.29, 0.717) is 6.61 Å². The van der Waals surface area contributed by atoms with Crippen molar-refractivity contribution in [3.05, 3.63) is 58.6 Å². The summed E-state index contributed by atoms with van der Waals surface area (Å²) in [6.45, 7) is 0.588. The summed E-state index contributed by atoms with van der Waals surface area (Å²) in [4.78, 5) is 14.8. The summed E-state index contributed by atoms with van der Waals surface area (Å²) < 4.78 is 7.35. The lowest BCUT2D eigenvalue weighted by atomic mass is 10.3. The van der Waals surface area contributed by atoms with E-state index < -0.39 is 0 Å². The number of hydrogen-bond acceptors (Lipinski definition) is 6. The number of benzene rings is 2. The van der Waals surface area contributed by atoms with Crippen LogP contribution in [0, 0.1) is 10.1 Å². The number of hydrogen-bond donors (Lipinski definition) is 0. The van der Waals surface area contributed by atoms with Crippen molar-refractivity contribution in [2.24, 2.45) is 0 Å². The van der Waals surface area contributed by atoms with E-state index in [9.17, 15) is 10.1 Å². The molecular formula is C15H12N2O3S2. The molecule has 0 N–H and O–H groups in total. The molecule has 3 aromatic rings. The Morgan fingerprint density at radius 1 is 1.23 bits per heavy atom. The van der Waals surface area contributed by atoms with Crippen LogP contribution in [0.3, 0.4) is 0 Å². The summed E-state index contributed by atoms with van der Waals surface area (Å²) in [7, 11) is 0. The molecule has 1 aromatic heterocycles. The van der Waals surface area contributed by atoms with Crippen molar-refractivity contribution in [3.63, 3.8) is 0 Å². The molecular weight excluding hydrogens is 320 g/mol. The predicted molar refractivity (Wildman–Crippen MR) is 88.9 cm³/mol. The van der Waals surface area contributed by atoms with Crippen molar-refractivity contribution in [1.82, 2.24) is 4.98 Å². The standard InChI is InChI=1S/C15H12N2O3S2/c18-17(19)11-6-7-13-14(10-11)22-15(16-13)21-9-8-20-12-4-2-1-3-5-12/h1-7,10H,8-9H2. The number of fused-ring (bicyclic) bond motifs is 1. The molecule has 0 fully saturated rings. The van der Waals surface area contributed by atoms with Gasteiger partial charge >= 0.3 is 0 Å². The van der Waals surface area contributed by atoms with Crippen molar-refractivity contribution in [1.29, 1.82) is 0 Å². The van der Waals surface area contributed by atoms with Crippen LogP contribution in [-0.2, 0) is 0 Å². The number of rotatable bonds is 6. The predicted octanol–water partition coefficient (Wildman–Crippen LogP) is 4.38. The van der Waals surface area contributed by atoms with E-state index in [-0.39, 0.29) is 10.6 Å². The van der Waals surface area contributed by atoms with Crippen LogP contribution in [0.25, 0.3) is 10.2 Å². The Morgan fingerprint density at radius 3 is 2.82 bits per heavy atom. The first kappa shape index (κ1) is 14.8. The molecule has 3 rings (SSSR count). The maximum atomic E-state index is 10.8. The topological polar surface area (TPSA) is 65.3 Å². The molecule has 112 valence electrons. The number of non-ortho nitro benzene ring substituents is 1. The maximum absolute atomic E-state index is 10.8. The van der Waals surface area contributed by atoms with E-state index in [1.54, 1.807) is 23.9 Å². The number of para-hydroxylation sites is 1. The first-order valence-corrected chi connectivity index (χ1v) is 8.38. The molecule has 0 spiro atoms.